The van der Waals surface area contributed by atoms with Crippen LogP contribution in [0.3, 0.4) is 0 Å². The van der Waals surface area contributed by atoms with Crippen molar-refractivity contribution < 1.29 is 9.53 Å². The van der Waals surface area contributed by atoms with E-state index in [-0.39, 0.29) is 11.8 Å². The fraction of sp³-hybridized carbons (Fsp3) is 0.400. The molecule has 0 saturated carbocycles. The van der Waals surface area contributed by atoms with Crippen LogP contribution in [-0.2, 0) is 4.74 Å². The number of nitrogen functional groups attached to an aromatic ring is 1. The molecule has 92 valence electrons. The molecule has 0 aliphatic rings. The third-order valence-corrected chi connectivity index (χ3v) is 1.58. The van der Waals surface area contributed by atoms with Gasteiger partial charge < -0.3 is 10.5 Å². The standard InChI is InChI=1S/C10H15N5O2/c1-10(2,3)17-9(16)15-8-13-4-6(5-14-8)7(11)12/h4-5H,1-3H3,(H3,11,12)(H,13,14,15,16). The maximum atomic E-state index is 11.4. The maximum Gasteiger partial charge on any atom is 0.414 e. The summed E-state index contributed by atoms with van der Waals surface area (Å²) in [6, 6.07) is 0. The van der Waals surface area contributed by atoms with Crippen molar-refractivity contribution in [2.45, 2.75) is 26.4 Å². The lowest BCUT2D eigenvalue weighted by atomic mass is 10.2. The van der Waals surface area contributed by atoms with Gasteiger partial charge in [-0.25, -0.2) is 14.8 Å². The van der Waals surface area contributed by atoms with Gasteiger partial charge in [-0.15, -0.1) is 0 Å². The number of nitrogens with zero attached hydrogens (tertiary/aromatic N) is 2. The van der Waals surface area contributed by atoms with Crippen LogP contribution in [0.1, 0.15) is 26.3 Å². The number of carbonyl (C=O) groups excluding carboxylic acids is 1. The topological polar surface area (TPSA) is 114 Å². The normalized spacial score (nSPS) is 10.8. The Morgan fingerprint density at radius 1 is 1.41 bits per heavy atom. The minimum Gasteiger partial charge on any atom is -0.444 e. The average molecular weight is 237 g/mol. The summed E-state index contributed by atoms with van der Waals surface area (Å²) in [7, 11) is 0. The van der Waals surface area contributed by atoms with Crippen molar-refractivity contribution in [3.63, 3.8) is 0 Å². The van der Waals surface area contributed by atoms with Gasteiger partial charge in [-0.2, -0.15) is 0 Å². The molecule has 0 aliphatic heterocycles. The number of hydrogen-bond acceptors (Lipinski definition) is 5. The van der Waals surface area contributed by atoms with Crippen molar-refractivity contribution in [2.75, 3.05) is 5.32 Å². The van der Waals surface area contributed by atoms with Crippen molar-refractivity contribution >= 4 is 17.9 Å². The smallest absolute Gasteiger partial charge is 0.414 e. The van der Waals surface area contributed by atoms with E-state index in [2.05, 4.69) is 15.3 Å². The summed E-state index contributed by atoms with van der Waals surface area (Å²) in [5, 5.41) is 9.52. The average Bonchev–Trinajstić information content (AvgIpc) is 2.15. The van der Waals surface area contributed by atoms with Crippen LogP contribution in [0.25, 0.3) is 0 Å². The first-order chi connectivity index (χ1) is 7.78. The largest absolute Gasteiger partial charge is 0.444 e. The fourth-order valence-corrected chi connectivity index (χ4v) is 0.927. The number of hydrogen-bond donors (Lipinski definition) is 3. The molecule has 0 radical (unpaired) electrons. The van der Waals surface area contributed by atoms with Gasteiger partial charge in [0.2, 0.25) is 5.95 Å². The molecule has 0 spiro atoms. The van der Waals surface area contributed by atoms with E-state index in [0.29, 0.717) is 5.56 Å². The fourth-order valence-electron chi connectivity index (χ4n) is 0.927. The summed E-state index contributed by atoms with van der Waals surface area (Å²) >= 11 is 0. The number of ether oxygens (including phenoxy) is 1. The van der Waals surface area contributed by atoms with E-state index in [0.717, 1.165) is 0 Å². The molecule has 0 aromatic carbocycles. The quantitative estimate of drug-likeness (QED) is 0.526. The Bertz CT molecular complexity index is 421. The monoisotopic (exact) mass is 237 g/mol. The molecular weight excluding hydrogens is 222 g/mol. The Morgan fingerprint density at radius 2 is 1.94 bits per heavy atom. The van der Waals surface area contributed by atoms with Gasteiger partial charge in [-0.1, -0.05) is 0 Å². The van der Waals surface area contributed by atoms with E-state index in [4.69, 9.17) is 15.9 Å². The highest BCUT2D eigenvalue weighted by Gasteiger charge is 2.16. The number of aromatic nitrogens is 2. The lowest BCUT2D eigenvalue weighted by Crippen LogP contribution is -2.27. The molecule has 0 aliphatic carbocycles. The van der Waals surface area contributed by atoms with Crippen LogP contribution in [0, 0.1) is 5.41 Å². The predicted octanol–water partition coefficient (Wildman–Crippen LogP) is 1.11. The van der Waals surface area contributed by atoms with Gasteiger partial charge in [0.1, 0.15) is 11.4 Å². The van der Waals surface area contributed by atoms with E-state index in [9.17, 15) is 4.79 Å². The highest BCUT2D eigenvalue weighted by molar-refractivity contribution is 5.94. The molecule has 1 heterocycles. The van der Waals surface area contributed by atoms with Crippen LogP contribution in [-0.4, -0.2) is 27.5 Å². The zero-order chi connectivity index (χ0) is 13.1. The van der Waals surface area contributed by atoms with Crippen molar-refractivity contribution in [3.05, 3.63) is 18.0 Å². The molecule has 17 heavy (non-hydrogen) atoms. The Hall–Kier alpha value is -2.18. The van der Waals surface area contributed by atoms with E-state index < -0.39 is 11.7 Å². The van der Waals surface area contributed by atoms with Gasteiger partial charge in [0.15, 0.2) is 0 Å². The second kappa shape index (κ2) is 4.77. The summed E-state index contributed by atoms with van der Waals surface area (Å²) in [6.45, 7) is 5.27. The molecule has 0 saturated heterocycles. The number of nitrogens with two attached hydrogens (primary N) is 1. The lowest BCUT2D eigenvalue weighted by molar-refractivity contribution is 0.0634. The number of amidine groups is 1. The second-order valence-corrected chi connectivity index (χ2v) is 4.34. The third-order valence-electron chi connectivity index (χ3n) is 1.58. The minimum atomic E-state index is -0.631. The van der Waals surface area contributed by atoms with Gasteiger partial charge in [-0.05, 0) is 20.8 Å². The van der Waals surface area contributed by atoms with Gasteiger partial charge >= 0.3 is 6.09 Å². The first-order valence-electron chi connectivity index (χ1n) is 4.94. The first kappa shape index (κ1) is 12.9. The summed E-state index contributed by atoms with van der Waals surface area (Å²) in [4.78, 5) is 19.0. The number of anilines is 1. The Balaban J connectivity index is 2.64. The lowest BCUT2D eigenvalue weighted by Gasteiger charge is -2.19. The number of rotatable bonds is 2. The predicted molar refractivity (Wildman–Crippen MR) is 62.9 cm³/mol. The molecule has 1 rings (SSSR count). The van der Waals surface area contributed by atoms with Crippen molar-refractivity contribution in [1.82, 2.24) is 9.97 Å². The van der Waals surface area contributed by atoms with Gasteiger partial charge in [0.25, 0.3) is 0 Å². The molecule has 4 N–H and O–H groups in total. The van der Waals surface area contributed by atoms with Crippen LogP contribution < -0.4 is 11.1 Å². The van der Waals surface area contributed by atoms with E-state index in [1.807, 2.05) is 0 Å². The van der Waals surface area contributed by atoms with E-state index in [1.165, 1.54) is 12.4 Å². The minimum absolute atomic E-state index is 0.101. The summed E-state index contributed by atoms with van der Waals surface area (Å²) in [5.74, 6) is -0.0296. The highest BCUT2D eigenvalue weighted by atomic mass is 16.6. The summed E-state index contributed by atoms with van der Waals surface area (Å²) < 4.78 is 5.02. The molecule has 0 unspecified atom stereocenters. The molecule has 0 bridgehead atoms. The second-order valence-electron chi connectivity index (χ2n) is 4.34. The van der Waals surface area contributed by atoms with Crippen LogP contribution in [0.2, 0.25) is 0 Å². The van der Waals surface area contributed by atoms with Crippen molar-refractivity contribution in [3.8, 4) is 0 Å². The highest BCUT2D eigenvalue weighted by Crippen LogP contribution is 2.08. The maximum absolute atomic E-state index is 11.4. The molecule has 0 fully saturated rings. The van der Waals surface area contributed by atoms with Crippen LogP contribution in [0.5, 0.6) is 0 Å². The van der Waals surface area contributed by atoms with Gasteiger partial charge in [-0.3, -0.25) is 10.7 Å². The van der Waals surface area contributed by atoms with Crippen LogP contribution in [0.4, 0.5) is 10.7 Å². The number of amides is 1. The summed E-state index contributed by atoms with van der Waals surface area (Å²) in [5.41, 5.74) is 5.05. The first-order valence-corrected chi connectivity index (χ1v) is 4.94. The molecule has 1 aromatic rings. The van der Waals surface area contributed by atoms with Crippen LogP contribution in [0.15, 0.2) is 12.4 Å². The molecular formula is C10H15N5O2. The Morgan fingerprint density at radius 3 is 2.35 bits per heavy atom. The molecule has 0 atom stereocenters. The molecule has 1 aromatic heterocycles. The zero-order valence-electron chi connectivity index (χ0n) is 9.94. The van der Waals surface area contributed by atoms with Gasteiger partial charge in [0, 0.05) is 12.4 Å². The van der Waals surface area contributed by atoms with Crippen molar-refractivity contribution in [1.29, 1.82) is 5.41 Å². The van der Waals surface area contributed by atoms with E-state index in [1.54, 1.807) is 20.8 Å². The van der Waals surface area contributed by atoms with Crippen LogP contribution >= 0.6 is 0 Å². The van der Waals surface area contributed by atoms with Crippen molar-refractivity contribution in [2.24, 2.45) is 5.73 Å². The van der Waals surface area contributed by atoms with Gasteiger partial charge in [0.05, 0.1) is 5.56 Å². The molecule has 7 nitrogen and oxygen atoms in total. The summed E-state index contributed by atoms with van der Waals surface area (Å²) in [6.07, 6.45) is 2.07. The molecule has 7 heteroatoms. The Kier molecular flexibility index (Phi) is 3.62. The number of nitrogens with one attached hydrogen (secondary N) is 2. The third kappa shape index (κ3) is 4.45. The SMILES string of the molecule is CC(C)(C)OC(=O)Nc1ncc(C(=N)N)cn1. The van der Waals surface area contributed by atoms with E-state index >= 15 is 0 Å². The zero-order valence-corrected chi connectivity index (χ0v) is 9.94. The number of carbonyl (C=O) groups is 1. The Labute approximate surface area is 98.9 Å². The molecule has 1 amide bonds.